The third kappa shape index (κ3) is 2.57. The summed E-state index contributed by atoms with van der Waals surface area (Å²) in [5.41, 5.74) is 0. The molecular weight excluding hydrogens is 152 g/mol. The molecule has 0 aliphatic carbocycles. The van der Waals surface area contributed by atoms with Crippen LogP contribution in [0.2, 0.25) is 0 Å². The molecule has 1 fully saturated rings. The van der Waals surface area contributed by atoms with E-state index < -0.39 is 0 Å². The second kappa shape index (κ2) is 2.82. The molecule has 1 rings (SSSR count). The van der Waals surface area contributed by atoms with Gasteiger partial charge in [-0.1, -0.05) is 0 Å². The summed E-state index contributed by atoms with van der Waals surface area (Å²) in [6.45, 7) is 3.58. The number of Topliss-reactive ketones (excluding diaryl/α,β-unsaturated/α-hetero) is 1. The summed E-state index contributed by atoms with van der Waals surface area (Å²) in [6.07, 6.45) is 0. The van der Waals surface area contributed by atoms with Gasteiger partial charge in [0, 0.05) is 0 Å². The van der Waals surface area contributed by atoms with Crippen LogP contribution in [0.1, 0.15) is 0 Å². The minimum Gasteiger partial charge on any atom is -0.317 e. The lowest BCUT2D eigenvalue weighted by molar-refractivity contribution is -0.927. The van der Waals surface area contributed by atoms with Crippen LogP contribution in [0.15, 0.2) is 0 Å². The molecule has 0 N–H and O–H groups in total. The first kappa shape index (κ1) is 9.68. The molecule has 0 aromatic heterocycles. The van der Waals surface area contributed by atoms with Crippen LogP contribution >= 0.6 is 0 Å². The third-order valence-electron chi connectivity index (χ3n) is 2.52. The van der Waals surface area contributed by atoms with Gasteiger partial charge in [0.1, 0.15) is 26.2 Å². The lowest BCUT2D eigenvalue weighted by Crippen LogP contribution is -2.46. The van der Waals surface area contributed by atoms with Crippen LogP contribution in [-0.4, -0.2) is 69.1 Å². The number of ketones is 1. The number of nitrogens with zero attached hydrogens (tertiary/aromatic N) is 2. The van der Waals surface area contributed by atoms with Crippen LogP contribution in [-0.2, 0) is 4.79 Å². The van der Waals surface area contributed by atoms with Gasteiger partial charge in [-0.3, -0.25) is 4.79 Å². The zero-order valence-electron chi connectivity index (χ0n) is 8.63. The summed E-state index contributed by atoms with van der Waals surface area (Å²) in [4.78, 5) is 11.5. The smallest absolute Gasteiger partial charge is 0.240 e. The molecule has 12 heavy (non-hydrogen) atoms. The van der Waals surface area contributed by atoms with Gasteiger partial charge in [0.05, 0.1) is 28.2 Å². The van der Waals surface area contributed by atoms with Crippen molar-refractivity contribution in [1.29, 1.82) is 0 Å². The molecule has 0 bridgehead atoms. The highest BCUT2D eigenvalue weighted by atomic mass is 16.1. The molecule has 3 heteroatoms. The molecule has 3 nitrogen and oxygen atoms in total. The van der Waals surface area contributed by atoms with Crippen molar-refractivity contribution in [2.45, 2.75) is 0 Å². The van der Waals surface area contributed by atoms with Crippen LogP contribution < -0.4 is 0 Å². The number of hydrogen-bond acceptors (Lipinski definition) is 1. The Morgan fingerprint density at radius 3 is 1.58 bits per heavy atom. The molecule has 1 aliphatic heterocycles. The van der Waals surface area contributed by atoms with E-state index in [1.165, 1.54) is 0 Å². The van der Waals surface area contributed by atoms with Crippen molar-refractivity contribution in [2.24, 2.45) is 0 Å². The maximum atomic E-state index is 11.5. The van der Waals surface area contributed by atoms with Crippen molar-refractivity contribution >= 4 is 5.78 Å². The molecule has 0 aromatic rings. The van der Waals surface area contributed by atoms with E-state index >= 15 is 0 Å². The first-order valence-electron chi connectivity index (χ1n) is 4.46. The second-order valence-corrected chi connectivity index (χ2v) is 5.17. The fourth-order valence-electron chi connectivity index (χ4n) is 1.70. The van der Waals surface area contributed by atoms with Gasteiger partial charge in [-0.15, -0.1) is 0 Å². The SMILES string of the molecule is C[N+]1(C)CC[N+](C)(C)CC(=O)C1. The van der Waals surface area contributed by atoms with Gasteiger partial charge in [0.25, 0.3) is 0 Å². The Kier molecular flexibility index (Phi) is 2.27. The quantitative estimate of drug-likeness (QED) is 0.459. The normalized spacial score (nSPS) is 28.2. The first-order chi connectivity index (χ1) is 5.31. The predicted molar refractivity (Wildman–Crippen MR) is 48.7 cm³/mol. The lowest BCUT2D eigenvalue weighted by atomic mass is 10.3. The molecule has 0 saturated carbocycles. The van der Waals surface area contributed by atoms with Crippen LogP contribution in [0, 0.1) is 0 Å². The van der Waals surface area contributed by atoms with Crippen molar-refractivity contribution in [3.8, 4) is 0 Å². The Balaban J connectivity index is 2.72. The summed E-state index contributed by atoms with van der Waals surface area (Å²) < 4.78 is 1.70. The summed E-state index contributed by atoms with van der Waals surface area (Å²) in [5, 5.41) is 0. The van der Waals surface area contributed by atoms with Gasteiger partial charge in [-0.25, -0.2) is 0 Å². The number of likely N-dealkylation sites (N-methyl/N-ethyl adjacent to an activating group) is 2. The average Bonchev–Trinajstić information content (AvgIpc) is 1.87. The first-order valence-corrected chi connectivity index (χ1v) is 4.46. The topological polar surface area (TPSA) is 17.1 Å². The lowest BCUT2D eigenvalue weighted by Gasteiger charge is -2.28. The maximum absolute atomic E-state index is 11.5. The standard InChI is InChI=1S/C9H20N2O/c1-10(2)5-6-11(3,4)8-9(12)7-10/h5-8H2,1-4H3/q+2. The largest absolute Gasteiger partial charge is 0.317 e. The Hall–Kier alpha value is -0.410. The van der Waals surface area contributed by atoms with Gasteiger partial charge >= 0.3 is 0 Å². The molecule has 0 aromatic carbocycles. The highest BCUT2D eigenvalue weighted by Gasteiger charge is 2.32. The minimum atomic E-state index is 0.391. The van der Waals surface area contributed by atoms with Crippen LogP contribution in [0.4, 0.5) is 0 Å². The van der Waals surface area contributed by atoms with Crippen LogP contribution in [0.25, 0.3) is 0 Å². The molecule has 70 valence electrons. The summed E-state index contributed by atoms with van der Waals surface area (Å²) >= 11 is 0. The molecule has 1 aliphatic rings. The van der Waals surface area contributed by atoms with Gasteiger partial charge in [0.2, 0.25) is 5.78 Å². The number of carbonyl (C=O) groups is 1. The predicted octanol–water partition coefficient (Wildman–Crippen LogP) is -0.278. The Labute approximate surface area is 74.8 Å². The van der Waals surface area contributed by atoms with E-state index in [0.717, 1.165) is 22.1 Å². The van der Waals surface area contributed by atoms with E-state index in [9.17, 15) is 4.79 Å². The van der Waals surface area contributed by atoms with Gasteiger partial charge in [-0.2, -0.15) is 0 Å². The zero-order valence-corrected chi connectivity index (χ0v) is 8.63. The molecule has 0 atom stereocenters. The van der Waals surface area contributed by atoms with E-state index in [4.69, 9.17) is 0 Å². The third-order valence-corrected chi connectivity index (χ3v) is 2.52. The van der Waals surface area contributed by atoms with Crippen molar-refractivity contribution in [3.63, 3.8) is 0 Å². The van der Waals surface area contributed by atoms with Crippen molar-refractivity contribution in [2.75, 3.05) is 54.4 Å². The monoisotopic (exact) mass is 172 g/mol. The summed E-state index contributed by atoms with van der Waals surface area (Å²) in [6, 6.07) is 0. The van der Waals surface area contributed by atoms with Crippen LogP contribution in [0.3, 0.4) is 0 Å². The Morgan fingerprint density at radius 1 is 0.917 bits per heavy atom. The second-order valence-electron chi connectivity index (χ2n) is 5.17. The molecule has 0 radical (unpaired) electrons. The number of rotatable bonds is 0. The van der Waals surface area contributed by atoms with Gasteiger partial charge in [0.15, 0.2) is 0 Å². The molecule has 0 unspecified atom stereocenters. The van der Waals surface area contributed by atoms with Crippen molar-refractivity contribution < 1.29 is 13.8 Å². The fourth-order valence-corrected chi connectivity index (χ4v) is 1.70. The molecule has 1 heterocycles. The van der Waals surface area contributed by atoms with E-state index in [0.29, 0.717) is 18.9 Å². The van der Waals surface area contributed by atoms with E-state index in [2.05, 4.69) is 28.2 Å². The Morgan fingerprint density at radius 2 is 1.25 bits per heavy atom. The van der Waals surface area contributed by atoms with Crippen molar-refractivity contribution in [1.82, 2.24) is 0 Å². The van der Waals surface area contributed by atoms with Gasteiger partial charge < -0.3 is 8.97 Å². The van der Waals surface area contributed by atoms with Crippen molar-refractivity contribution in [3.05, 3.63) is 0 Å². The summed E-state index contributed by atoms with van der Waals surface area (Å²) in [7, 11) is 8.51. The Bertz CT molecular complexity index is 177. The fraction of sp³-hybridized carbons (Fsp3) is 0.889. The van der Waals surface area contributed by atoms with E-state index in [-0.39, 0.29) is 0 Å². The molecular formula is C9H20N2O+2. The molecule has 0 amide bonds. The van der Waals surface area contributed by atoms with E-state index in [1.807, 2.05) is 0 Å². The number of carbonyl (C=O) groups excluding carboxylic acids is 1. The van der Waals surface area contributed by atoms with Crippen LogP contribution in [0.5, 0.6) is 0 Å². The molecule has 1 saturated heterocycles. The summed E-state index contributed by atoms with van der Waals surface area (Å²) in [5.74, 6) is 0.391. The zero-order chi connectivity index (χ0) is 9.41. The van der Waals surface area contributed by atoms with Gasteiger partial charge in [-0.05, 0) is 0 Å². The highest BCUT2D eigenvalue weighted by Crippen LogP contribution is 2.08. The maximum Gasteiger partial charge on any atom is 0.240 e. The number of quaternary nitrogens is 2. The highest BCUT2D eigenvalue weighted by molar-refractivity contribution is 5.80. The minimum absolute atomic E-state index is 0.391. The molecule has 0 spiro atoms. The van der Waals surface area contributed by atoms with E-state index in [1.54, 1.807) is 0 Å². The average molecular weight is 172 g/mol. The number of hydrogen-bond donors (Lipinski definition) is 0.